The van der Waals surface area contributed by atoms with Crippen LogP contribution in [0.2, 0.25) is 10.0 Å². The molecule has 0 N–H and O–H groups in total. The summed E-state index contributed by atoms with van der Waals surface area (Å²) >= 11 is 12.9. The number of aromatic nitrogens is 1. The van der Waals surface area contributed by atoms with Gasteiger partial charge in [-0.15, -0.1) is 0 Å². The molecule has 1 heterocycles. The molecule has 0 bridgehead atoms. The molecular weight excluding hydrogens is 351 g/mol. The van der Waals surface area contributed by atoms with Crippen LogP contribution in [0.5, 0.6) is 0 Å². The van der Waals surface area contributed by atoms with Gasteiger partial charge in [0.1, 0.15) is 0 Å². The van der Waals surface area contributed by atoms with Gasteiger partial charge in [0.15, 0.2) is 0 Å². The fourth-order valence-corrected chi connectivity index (χ4v) is 4.56. The van der Waals surface area contributed by atoms with E-state index in [2.05, 4.69) is 47.8 Å². The summed E-state index contributed by atoms with van der Waals surface area (Å²) in [5, 5.41) is 2.84. The van der Waals surface area contributed by atoms with Crippen molar-refractivity contribution in [1.29, 1.82) is 0 Å². The van der Waals surface area contributed by atoms with Gasteiger partial charge in [-0.2, -0.15) is 0 Å². The molecule has 0 spiro atoms. The van der Waals surface area contributed by atoms with E-state index in [1.54, 1.807) is 0 Å². The first-order valence-corrected chi connectivity index (χ1v) is 9.50. The molecule has 4 heteroatoms. The molecule has 0 saturated carbocycles. The van der Waals surface area contributed by atoms with Crippen LogP contribution in [0.3, 0.4) is 0 Å². The fourth-order valence-electron chi connectivity index (χ4n) is 4.05. The number of hydrogen-bond donors (Lipinski definition) is 0. The fraction of sp³-hybridized carbons (Fsp3) is 0.333. The average Bonchev–Trinajstić information content (AvgIpc) is 2.91. The van der Waals surface area contributed by atoms with Gasteiger partial charge in [-0.3, -0.25) is 0 Å². The van der Waals surface area contributed by atoms with E-state index in [9.17, 15) is 0 Å². The Morgan fingerprint density at radius 2 is 1.76 bits per heavy atom. The lowest BCUT2D eigenvalue weighted by Crippen LogP contribution is -2.33. The van der Waals surface area contributed by atoms with E-state index in [1.165, 1.54) is 28.6 Å². The highest BCUT2D eigenvalue weighted by molar-refractivity contribution is 6.36. The minimum absolute atomic E-state index is 0.607. The second-order valence-electron chi connectivity index (χ2n) is 7.09. The largest absolute Gasteiger partial charge is 0.340 e. The summed E-state index contributed by atoms with van der Waals surface area (Å²) in [6, 6.07) is 15.1. The van der Waals surface area contributed by atoms with E-state index in [0.717, 1.165) is 35.0 Å². The minimum Gasteiger partial charge on any atom is -0.340 e. The number of halogens is 2. The molecule has 1 atom stereocenters. The van der Waals surface area contributed by atoms with Gasteiger partial charge in [-0.1, -0.05) is 47.5 Å². The van der Waals surface area contributed by atoms with Crippen LogP contribution in [0.1, 0.15) is 23.2 Å². The smallest absolute Gasteiger partial charge is 0.0508 e. The maximum Gasteiger partial charge on any atom is 0.0508 e. The van der Waals surface area contributed by atoms with Gasteiger partial charge in [-0.25, -0.2) is 0 Å². The molecule has 0 aliphatic heterocycles. The van der Waals surface area contributed by atoms with Crippen molar-refractivity contribution in [3.63, 3.8) is 0 Å². The Morgan fingerprint density at radius 3 is 2.48 bits per heavy atom. The minimum atomic E-state index is 0.607. The summed E-state index contributed by atoms with van der Waals surface area (Å²) < 4.78 is 2.42. The van der Waals surface area contributed by atoms with E-state index < -0.39 is 0 Å². The molecule has 4 rings (SSSR count). The van der Waals surface area contributed by atoms with Crippen molar-refractivity contribution in [2.24, 2.45) is 0 Å². The number of hydrogen-bond acceptors (Lipinski definition) is 1. The number of nitrogens with zero attached hydrogens (tertiary/aromatic N) is 2. The summed E-state index contributed by atoms with van der Waals surface area (Å²) in [5.41, 5.74) is 5.21. The van der Waals surface area contributed by atoms with E-state index in [0.29, 0.717) is 6.04 Å². The van der Waals surface area contributed by atoms with E-state index in [1.807, 2.05) is 18.2 Å². The molecule has 2 aromatic carbocycles. The van der Waals surface area contributed by atoms with Crippen LogP contribution < -0.4 is 0 Å². The van der Waals surface area contributed by atoms with E-state index in [-0.39, 0.29) is 0 Å². The van der Waals surface area contributed by atoms with Gasteiger partial charge in [-0.05, 0) is 57.1 Å². The number of fused-ring (bicyclic) bond motifs is 3. The Bertz CT molecular complexity index is 907. The average molecular weight is 373 g/mol. The monoisotopic (exact) mass is 372 g/mol. The SMILES string of the molecule is CN(C)C1CCc2c(c3ccccc3n2Cc2c(Cl)cccc2Cl)C1. The first-order chi connectivity index (χ1) is 12.1. The van der Waals surface area contributed by atoms with Crippen LogP contribution in [0.25, 0.3) is 10.9 Å². The number of likely N-dealkylation sites (N-methyl/N-ethyl adjacent to an activating group) is 1. The highest BCUT2D eigenvalue weighted by Gasteiger charge is 2.26. The van der Waals surface area contributed by atoms with Gasteiger partial charge in [0.2, 0.25) is 0 Å². The third kappa shape index (κ3) is 2.97. The lowest BCUT2D eigenvalue weighted by molar-refractivity contribution is 0.266. The Morgan fingerprint density at radius 1 is 1.04 bits per heavy atom. The highest BCUT2D eigenvalue weighted by Crippen LogP contribution is 2.35. The Balaban J connectivity index is 1.85. The Hall–Kier alpha value is -1.48. The van der Waals surface area contributed by atoms with Crippen molar-refractivity contribution in [3.8, 4) is 0 Å². The summed E-state index contributed by atoms with van der Waals surface area (Å²) in [6.07, 6.45) is 3.38. The Kier molecular flexibility index (Phi) is 4.53. The molecule has 130 valence electrons. The predicted octanol–water partition coefficient (Wildman–Crippen LogP) is 5.42. The molecule has 2 nitrogen and oxygen atoms in total. The molecule has 1 aromatic heterocycles. The molecular formula is C21H22Cl2N2. The first-order valence-electron chi connectivity index (χ1n) is 8.74. The lowest BCUT2D eigenvalue weighted by atomic mass is 9.91. The van der Waals surface area contributed by atoms with Crippen molar-refractivity contribution in [3.05, 3.63) is 69.3 Å². The van der Waals surface area contributed by atoms with E-state index >= 15 is 0 Å². The zero-order chi connectivity index (χ0) is 17.6. The van der Waals surface area contributed by atoms with Crippen molar-refractivity contribution >= 4 is 34.1 Å². The zero-order valence-electron chi connectivity index (χ0n) is 14.6. The van der Waals surface area contributed by atoms with Crippen LogP contribution in [-0.4, -0.2) is 29.6 Å². The van der Waals surface area contributed by atoms with Gasteiger partial charge in [0.05, 0.1) is 6.54 Å². The predicted molar refractivity (Wildman–Crippen MR) is 107 cm³/mol. The van der Waals surface area contributed by atoms with Gasteiger partial charge in [0.25, 0.3) is 0 Å². The third-order valence-corrected chi connectivity index (χ3v) is 6.16. The van der Waals surface area contributed by atoms with Crippen molar-refractivity contribution in [1.82, 2.24) is 9.47 Å². The normalized spacial score (nSPS) is 17.2. The van der Waals surface area contributed by atoms with Crippen molar-refractivity contribution in [2.75, 3.05) is 14.1 Å². The van der Waals surface area contributed by atoms with Crippen LogP contribution >= 0.6 is 23.2 Å². The molecule has 0 amide bonds. The summed E-state index contributed by atoms with van der Waals surface area (Å²) in [6.45, 7) is 0.723. The highest BCUT2D eigenvalue weighted by atomic mass is 35.5. The first kappa shape index (κ1) is 17.0. The number of benzene rings is 2. The molecule has 0 saturated heterocycles. The quantitative estimate of drug-likeness (QED) is 0.596. The molecule has 3 aromatic rings. The van der Waals surface area contributed by atoms with Crippen LogP contribution in [-0.2, 0) is 19.4 Å². The van der Waals surface area contributed by atoms with Gasteiger partial charge >= 0.3 is 0 Å². The zero-order valence-corrected chi connectivity index (χ0v) is 16.1. The molecule has 1 aliphatic carbocycles. The second-order valence-corrected chi connectivity index (χ2v) is 7.90. The topological polar surface area (TPSA) is 8.17 Å². The van der Waals surface area contributed by atoms with Crippen LogP contribution in [0.15, 0.2) is 42.5 Å². The maximum atomic E-state index is 6.44. The lowest BCUT2D eigenvalue weighted by Gasteiger charge is -2.29. The van der Waals surface area contributed by atoms with Crippen molar-refractivity contribution in [2.45, 2.75) is 31.8 Å². The molecule has 0 radical (unpaired) electrons. The van der Waals surface area contributed by atoms with Gasteiger partial charge < -0.3 is 9.47 Å². The third-order valence-electron chi connectivity index (χ3n) is 5.46. The number of rotatable bonds is 3. The molecule has 25 heavy (non-hydrogen) atoms. The summed E-state index contributed by atoms with van der Waals surface area (Å²) in [4.78, 5) is 2.35. The summed E-state index contributed by atoms with van der Waals surface area (Å²) in [5.74, 6) is 0. The van der Waals surface area contributed by atoms with Crippen molar-refractivity contribution < 1.29 is 0 Å². The maximum absolute atomic E-state index is 6.44. The van der Waals surface area contributed by atoms with Gasteiger partial charge in [0, 0.05) is 38.2 Å². The van der Waals surface area contributed by atoms with Crippen LogP contribution in [0.4, 0.5) is 0 Å². The molecule has 1 unspecified atom stereocenters. The standard InChI is InChI=1S/C21H22Cl2N2/c1-24(2)14-10-11-21-16(12-14)15-6-3-4-9-20(15)25(21)13-17-18(22)7-5-8-19(17)23/h3-9,14H,10-13H2,1-2H3. The van der Waals surface area contributed by atoms with Crippen LogP contribution in [0, 0.1) is 0 Å². The Labute approximate surface area is 159 Å². The second kappa shape index (κ2) is 6.68. The van der Waals surface area contributed by atoms with E-state index in [4.69, 9.17) is 23.2 Å². The number of para-hydroxylation sites is 1. The molecule has 1 aliphatic rings. The molecule has 0 fully saturated rings. The summed E-state index contributed by atoms with van der Waals surface area (Å²) in [7, 11) is 4.36.